The van der Waals surface area contributed by atoms with Crippen molar-refractivity contribution in [2.45, 2.75) is 54.1 Å². The zero-order valence-electron chi connectivity index (χ0n) is 53.4. The molecule has 28 heteroatoms. The third kappa shape index (κ3) is 36.8. The monoisotopic (exact) mass is 1490 g/mol. The Bertz CT molecular complexity index is 3210. The van der Waals surface area contributed by atoms with Gasteiger partial charge in [0.15, 0.2) is 0 Å². The van der Waals surface area contributed by atoms with Gasteiger partial charge in [-0.15, -0.1) is 26.4 Å². The number of hydrogen-bond acceptors (Lipinski definition) is 20. The van der Waals surface area contributed by atoms with Gasteiger partial charge in [-0.05, 0) is 93.0 Å². The molecule has 0 aliphatic rings. The normalized spacial score (nSPS) is 8.92. The van der Waals surface area contributed by atoms with Crippen LogP contribution >= 0.6 is 0 Å². The third-order valence-corrected chi connectivity index (χ3v) is 10.9. The predicted octanol–water partition coefficient (Wildman–Crippen LogP) is 3.94. The fraction of sp³-hybridized carbons (Fsp3) is 0.176. The van der Waals surface area contributed by atoms with Crippen molar-refractivity contribution in [3.8, 4) is 70.3 Å². The van der Waals surface area contributed by atoms with Crippen molar-refractivity contribution in [1.82, 2.24) is 0 Å². The second-order valence-corrected chi connectivity index (χ2v) is 16.5. The van der Waals surface area contributed by atoms with Crippen molar-refractivity contribution in [3.05, 3.63) is 214 Å². The first-order chi connectivity index (χ1) is 42.7. The second kappa shape index (κ2) is 62.9. The third-order valence-electron chi connectivity index (χ3n) is 10.9. The Morgan fingerprint density at radius 3 is 0.604 bits per heavy atom. The van der Waals surface area contributed by atoms with Crippen molar-refractivity contribution in [1.29, 1.82) is 21.0 Å². The van der Waals surface area contributed by atoms with Gasteiger partial charge in [-0.3, -0.25) is 20.0 Å². The number of nitrogens with zero attached hydrogens (tertiary/aromatic N) is 8. The maximum atomic E-state index is 11.9. The summed E-state index contributed by atoms with van der Waals surface area (Å²) in [5, 5.41) is 121. The predicted molar refractivity (Wildman–Crippen MR) is 344 cm³/mol. The van der Waals surface area contributed by atoms with E-state index in [1.54, 1.807) is 194 Å². The first-order valence-electron chi connectivity index (χ1n) is 26.1. The molecule has 0 aromatic heterocycles. The van der Waals surface area contributed by atoms with E-state index in [2.05, 4.69) is 20.0 Å². The van der Waals surface area contributed by atoms with Gasteiger partial charge in [0.05, 0.1) is 75.5 Å². The Labute approximate surface area is 599 Å². The largest absolute Gasteiger partial charge is 2.00 e. The molecule has 0 fully saturated rings. The maximum Gasteiger partial charge on any atom is 2.00 e. The number of methoxy groups -OCH3 is 4. The Balaban J connectivity index is -0.000000165. The van der Waals surface area contributed by atoms with E-state index in [0.717, 1.165) is 0 Å². The molecule has 8 rings (SSSR count). The number of rotatable bonds is 16. The number of para-hydroxylation sites is 8. The van der Waals surface area contributed by atoms with Crippen LogP contribution in [-0.2, 0) is 114 Å². The molecular formula is C68H76N8Ni4O16+4. The van der Waals surface area contributed by atoms with Crippen LogP contribution in [0.5, 0.6) is 46.0 Å². The molecule has 0 saturated heterocycles. The van der Waals surface area contributed by atoms with Gasteiger partial charge >= 0.3 is 66.0 Å². The van der Waals surface area contributed by atoms with E-state index in [9.17, 15) is 40.9 Å². The fourth-order valence-corrected chi connectivity index (χ4v) is 6.77. The van der Waals surface area contributed by atoms with Crippen LogP contribution in [0.25, 0.3) is 0 Å². The Morgan fingerprint density at radius 2 is 0.458 bits per heavy atom. The van der Waals surface area contributed by atoms with Gasteiger partial charge in [0.2, 0.25) is 0 Å². The molecule has 0 unspecified atom stereocenters. The number of benzene rings is 8. The summed E-state index contributed by atoms with van der Waals surface area (Å²) in [6.45, 7) is 4.37. The van der Waals surface area contributed by atoms with Crippen LogP contribution in [0.1, 0.15) is 72.2 Å². The van der Waals surface area contributed by atoms with Crippen LogP contribution in [0.2, 0.25) is 0 Å². The number of ether oxygens (including phenoxy) is 4. The van der Waals surface area contributed by atoms with Crippen LogP contribution in [0.3, 0.4) is 0 Å². The molecule has 0 spiro atoms. The van der Waals surface area contributed by atoms with Gasteiger partial charge < -0.3 is 81.7 Å². The zero-order valence-corrected chi connectivity index (χ0v) is 57.3. The van der Waals surface area contributed by atoms with Gasteiger partial charge in [-0.2, -0.15) is 21.0 Å². The van der Waals surface area contributed by atoms with Crippen LogP contribution in [0.15, 0.2) is 190 Å². The summed E-state index contributed by atoms with van der Waals surface area (Å²) >= 11 is 0. The summed E-state index contributed by atoms with van der Waals surface area (Å²) in [5.74, 6) is 0.257. The molecule has 96 heavy (non-hydrogen) atoms. The SMILES string of the molecule is CC#N.CC#N.CC#N.CC#N.COc1cccc(C=Nc2ccccc2C[O-])c1[O-].COc1cccc(C=Nc2ccccc2C[O-])c1[O-].COc1cccc(C=Nc2ccccc2C[O-])c1[O-].COc1cccc(C=Nc2ccccc2C[O-])c1[O-].[Ni+2].[Ni+2].[Ni+2].[Ni+2].[OH3+].[OH3+].[OH3+].[OH3+]. The first-order valence-corrected chi connectivity index (χ1v) is 26.1. The molecule has 0 saturated carbocycles. The topological polar surface area (TPSA) is 498 Å². The van der Waals surface area contributed by atoms with Crippen LogP contribution in [0.4, 0.5) is 22.7 Å². The summed E-state index contributed by atoms with van der Waals surface area (Å²) in [7, 11) is 5.80. The van der Waals surface area contributed by atoms with Crippen molar-refractivity contribution in [2.75, 3.05) is 28.4 Å². The summed E-state index contributed by atoms with van der Waals surface area (Å²) in [6, 6.07) is 55.2. The van der Waals surface area contributed by atoms with E-state index >= 15 is 0 Å². The molecule has 520 valence electrons. The maximum absolute atomic E-state index is 11.9. The van der Waals surface area contributed by atoms with Gasteiger partial charge in [-0.25, -0.2) is 0 Å². The molecule has 0 radical (unpaired) electrons. The average Bonchev–Trinajstić information content (AvgIpc) is 1.54. The molecule has 0 aliphatic heterocycles. The standard InChI is InChI=1S/4C15H14NO3.4C2H3N.4Ni.4H2O/c4*1-19-14-8-4-6-11(15(14)18)9-16-13-7-3-2-5-12(13)10-17;4*1-2-3;;;;;;;;/h4*2-9,18H,10H2,1H3;4*1H3;;;;;4*1H2/q4*-1;;;;;4*+2;;;;. The summed E-state index contributed by atoms with van der Waals surface area (Å²) in [6.07, 6.45) is 5.83. The fourth-order valence-electron chi connectivity index (χ4n) is 6.77. The minimum atomic E-state index is -0.337. The van der Waals surface area contributed by atoms with E-state index in [4.69, 9.17) is 40.0 Å². The van der Waals surface area contributed by atoms with Crippen molar-refractivity contribution >= 4 is 47.6 Å². The smallest absolute Gasteiger partial charge is 0.870 e. The minimum Gasteiger partial charge on any atom is -0.870 e. The van der Waals surface area contributed by atoms with Crippen LogP contribution in [-0.4, -0.2) is 53.3 Å². The molecule has 0 bridgehead atoms. The van der Waals surface area contributed by atoms with E-state index in [-0.39, 0.29) is 160 Å². The molecule has 0 heterocycles. The summed E-state index contributed by atoms with van der Waals surface area (Å²) in [5.41, 5.74) is 6.48. The summed E-state index contributed by atoms with van der Waals surface area (Å²) in [4.78, 5) is 16.8. The van der Waals surface area contributed by atoms with E-state index < -0.39 is 0 Å². The molecule has 0 atom stereocenters. The van der Waals surface area contributed by atoms with Crippen molar-refractivity contribution in [3.63, 3.8) is 0 Å². The molecule has 0 amide bonds. The van der Waals surface area contributed by atoms with Gasteiger partial charge in [0.1, 0.15) is 23.0 Å². The Kier molecular flexibility index (Phi) is 67.2. The zero-order chi connectivity index (χ0) is 65.5. The van der Waals surface area contributed by atoms with Crippen molar-refractivity contribution in [2.24, 2.45) is 20.0 Å². The van der Waals surface area contributed by atoms with Gasteiger partial charge in [0.25, 0.3) is 0 Å². The second-order valence-electron chi connectivity index (χ2n) is 16.5. The van der Waals surface area contributed by atoms with Crippen molar-refractivity contribution < 1.29 is 148 Å². The number of nitriles is 4. The first kappa shape index (κ1) is 103. The number of hydrogen-bond donors (Lipinski definition) is 0. The van der Waals surface area contributed by atoms with Crippen LogP contribution in [0, 0.1) is 45.3 Å². The van der Waals surface area contributed by atoms with E-state index in [0.29, 0.717) is 67.3 Å². The summed E-state index contributed by atoms with van der Waals surface area (Å²) < 4.78 is 19.8. The Hall–Kier alpha value is -9.55. The van der Waals surface area contributed by atoms with E-state index in [1.807, 2.05) is 0 Å². The number of aliphatic imine (C=N–C) groups is 4. The molecule has 0 aliphatic carbocycles. The Morgan fingerprint density at radius 1 is 0.302 bits per heavy atom. The van der Waals surface area contributed by atoms with E-state index in [1.165, 1.54) is 81.0 Å². The average molecular weight is 1500 g/mol. The molecule has 24 nitrogen and oxygen atoms in total. The van der Waals surface area contributed by atoms with Crippen LogP contribution < -0.4 is 59.8 Å². The molecule has 12 N–H and O–H groups in total. The van der Waals surface area contributed by atoms with Gasteiger partial charge in [-0.1, -0.05) is 144 Å². The minimum absolute atomic E-state index is 0. The quantitative estimate of drug-likeness (QED) is 0.0751. The molecule has 8 aromatic rings. The van der Waals surface area contributed by atoms with Gasteiger partial charge in [0, 0.05) is 52.6 Å². The molecule has 8 aromatic carbocycles. The molecular weight excluding hydrogens is 1420 g/mol.